The van der Waals surface area contributed by atoms with E-state index < -0.39 is 0 Å². The van der Waals surface area contributed by atoms with Gasteiger partial charge in [-0.3, -0.25) is 4.79 Å². The fraction of sp³-hybridized carbons (Fsp3) is 0.278. The van der Waals surface area contributed by atoms with Gasteiger partial charge in [0.15, 0.2) is 0 Å². The first-order chi connectivity index (χ1) is 11.0. The van der Waals surface area contributed by atoms with Gasteiger partial charge < -0.3 is 14.5 Å². The highest BCUT2D eigenvalue weighted by atomic mass is 35.5. The van der Waals surface area contributed by atoms with Crippen molar-refractivity contribution in [1.82, 2.24) is 0 Å². The molecule has 2 aromatic carbocycles. The van der Waals surface area contributed by atoms with E-state index in [0.717, 1.165) is 23.7 Å². The lowest BCUT2D eigenvalue weighted by atomic mass is 10.2. The zero-order chi connectivity index (χ0) is 16.8. The normalized spacial score (nSPS) is 10.3. The number of likely N-dealkylation sites (N-methyl/N-ethyl adjacent to an activating group) is 2. The summed E-state index contributed by atoms with van der Waals surface area (Å²) in [5.41, 5.74) is 1.77. The first-order valence-electron chi connectivity index (χ1n) is 7.46. The number of anilines is 2. The molecule has 2 aromatic rings. The van der Waals surface area contributed by atoms with Crippen LogP contribution < -0.4 is 14.5 Å². The Morgan fingerprint density at radius 1 is 1.13 bits per heavy atom. The second-order valence-corrected chi connectivity index (χ2v) is 5.58. The minimum atomic E-state index is 0.0111. The standard InChI is InChI=1S/C18H21ClN2O2/c1-4-21(16-7-5-6-14(19)12-16)13-18(22)20(2)15-8-10-17(23-3)11-9-15/h5-12H,4,13H2,1-3H3. The summed E-state index contributed by atoms with van der Waals surface area (Å²) < 4.78 is 5.14. The van der Waals surface area contributed by atoms with E-state index in [9.17, 15) is 4.79 Å². The van der Waals surface area contributed by atoms with E-state index in [-0.39, 0.29) is 5.91 Å². The van der Waals surface area contributed by atoms with Gasteiger partial charge in [0.25, 0.3) is 0 Å². The molecular formula is C18H21ClN2O2. The van der Waals surface area contributed by atoms with Crippen molar-refractivity contribution >= 4 is 28.9 Å². The maximum atomic E-state index is 12.5. The summed E-state index contributed by atoms with van der Waals surface area (Å²) in [7, 11) is 3.39. The Bertz CT molecular complexity index is 658. The first kappa shape index (κ1) is 17.2. The van der Waals surface area contributed by atoms with Crippen LogP contribution in [-0.2, 0) is 4.79 Å². The average Bonchev–Trinajstić information content (AvgIpc) is 2.58. The Labute approximate surface area is 142 Å². The van der Waals surface area contributed by atoms with Crippen molar-refractivity contribution < 1.29 is 9.53 Å². The van der Waals surface area contributed by atoms with E-state index in [0.29, 0.717) is 11.6 Å². The third kappa shape index (κ3) is 4.39. The molecule has 5 heteroatoms. The lowest BCUT2D eigenvalue weighted by molar-refractivity contribution is -0.117. The number of benzene rings is 2. The second kappa shape index (κ2) is 7.88. The van der Waals surface area contributed by atoms with E-state index in [1.54, 1.807) is 19.1 Å². The zero-order valence-corrected chi connectivity index (χ0v) is 14.4. The molecule has 0 N–H and O–H groups in total. The van der Waals surface area contributed by atoms with Gasteiger partial charge in [-0.05, 0) is 49.4 Å². The van der Waals surface area contributed by atoms with Crippen LogP contribution in [0, 0.1) is 0 Å². The minimum absolute atomic E-state index is 0.0111. The summed E-state index contributed by atoms with van der Waals surface area (Å²) in [5, 5.41) is 0.664. The van der Waals surface area contributed by atoms with E-state index in [1.807, 2.05) is 60.4 Å². The van der Waals surface area contributed by atoms with Gasteiger partial charge in [0.05, 0.1) is 13.7 Å². The molecule has 2 rings (SSSR count). The number of ether oxygens (including phenoxy) is 1. The number of halogens is 1. The van der Waals surface area contributed by atoms with Crippen molar-refractivity contribution in [1.29, 1.82) is 0 Å². The van der Waals surface area contributed by atoms with Crippen LogP contribution >= 0.6 is 11.6 Å². The molecule has 1 amide bonds. The van der Waals surface area contributed by atoms with Crippen LogP contribution in [0.25, 0.3) is 0 Å². The van der Waals surface area contributed by atoms with E-state index >= 15 is 0 Å². The molecule has 0 aliphatic heterocycles. The van der Waals surface area contributed by atoms with Gasteiger partial charge in [-0.1, -0.05) is 17.7 Å². The van der Waals surface area contributed by atoms with Crippen LogP contribution in [0.5, 0.6) is 5.75 Å². The van der Waals surface area contributed by atoms with Gasteiger partial charge >= 0.3 is 0 Å². The van der Waals surface area contributed by atoms with Crippen LogP contribution in [0.15, 0.2) is 48.5 Å². The number of hydrogen-bond acceptors (Lipinski definition) is 3. The number of rotatable bonds is 6. The van der Waals surface area contributed by atoms with Gasteiger partial charge in [-0.25, -0.2) is 0 Å². The minimum Gasteiger partial charge on any atom is -0.497 e. The molecule has 0 bridgehead atoms. The van der Waals surface area contributed by atoms with Crippen LogP contribution in [0.4, 0.5) is 11.4 Å². The van der Waals surface area contributed by atoms with Crippen molar-refractivity contribution in [3.05, 3.63) is 53.6 Å². The predicted octanol–water partition coefficient (Wildman–Crippen LogP) is 3.84. The van der Waals surface area contributed by atoms with Crippen molar-refractivity contribution in [2.75, 3.05) is 37.0 Å². The molecule has 23 heavy (non-hydrogen) atoms. The lowest BCUT2D eigenvalue weighted by Gasteiger charge is -2.26. The van der Waals surface area contributed by atoms with Crippen molar-refractivity contribution in [2.24, 2.45) is 0 Å². The van der Waals surface area contributed by atoms with Crippen molar-refractivity contribution in [3.63, 3.8) is 0 Å². The topological polar surface area (TPSA) is 32.8 Å². The van der Waals surface area contributed by atoms with Crippen molar-refractivity contribution in [3.8, 4) is 5.75 Å². The van der Waals surface area contributed by atoms with E-state index in [1.165, 1.54) is 0 Å². The highest BCUT2D eigenvalue weighted by molar-refractivity contribution is 6.30. The number of carbonyl (C=O) groups excluding carboxylic acids is 1. The molecule has 0 heterocycles. The quantitative estimate of drug-likeness (QED) is 0.805. The largest absolute Gasteiger partial charge is 0.497 e. The van der Waals surface area contributed by atoms with Gasteiger partial charge in [-0.2, -0.15) is 0 Å². The van der Waals surface area contributed by atoms with Crippen LogP contribution in [0.1, 0.15) is 6.92 Å². The third-order valence-electron chi connectivity index (χ3n) is 3.72. The maximum absolute atomic E-state index is 12.5. The van der Waals surface area contributed by atoms with Gasteiger partial charge in [-0.15, -0.1) is 0 Å². The van der Waals surface area contributed by atoms with Crippen LogP contribution in [-0.4, -0.2) is 33.2 Å². The molecular weight excluding hydrogens is 312 g/mol. The van der Waals surface area contributed by atoms with E-state index in [2.05, 4.69) is 0 Å². The molecule has 0 aromatic heterocycles. The molecule has 0 fully saturated rings. The summed E-state index contributed by atoms with van der Waals surface area (Å²) >= 11 is 6.04. The highest BCUT2D eigenvalue weighted by Crippen LogP contribution is 2.21. The molecule has 0 unspecified atom stereocenters. The molecule has 0 radical (unpaired) electrons. The summed E-state index contributed by atoms with van der Waals surface area (Å²) in [5.74, 6) is 0.778. The predicted molar refractivity (Wildman–Crippen MR) is 95.7 cm³/mol. The summed E-state index contributed by atoms with van der Waals surface area (Å²) in [6.45, 7) is 3.03. The highest BCUT2D eigenvalue weighted by Gasteiger charge is 2.15. The molecule has 4 nitrogen and oxygen atoms in total. The third-order valence-corrected chi connectivity index (χ3v) is 3.95. The number of methoxy groups -OCH3 is 1. The molecule has 122 valence electrons. The average molecular weight is 333 g/mol. The van der Waals surface area contributed by atoms with Crippen molar-refractivity contribution in [2.45, 2.75) is 6.92 Å². The van der Waals surface area contributed by atoms with Gasteiger partial charge in [0.1, 0.15) is 5.75 Å². The fourth-order valence-corrected chi connectivity index (χ4v) is 2.46. The Kier molecular flexibility index (Phi) is 5.88. The number of carbonyl (C=O) groups is 1. The Morgan fingerprint density at radius 2 is 1.83 bits per heavy atom. The molecule has 0 saturated heterocycles. The van der Waals surface area contributed by atoms with Gasteiger partial charge in [0.2, 0.25) is 5.91 Å². The Balaban J connectivity index is 2.09. The summed E-state index contributed by atoms with van der Waals surface area (Å²) in [4.78, 5) is 16.2. The Morgan fingerprint density at radius 3 is 2.39 bits per heavy atom. The number of hydrogen-bond donors (Lipinski definition) is 0. The Hall–Kier alpha value is -2.20. The van der Waals surface area contributed by atoms with Crippen LogP contribution in [0.2, 0.25) is 5.02 Å². The summed E-state index contributed by atoms with van der Waals surface area (Å²) in [6, 6.07) is 14.9. The number of nitrogens with zero attached hydrogens (tertiary/aromatic N) is 2. The smallest absolute Gasteiger partial charge is 0.246 e. The van der Waals surface area contributed by atoms with E-state index in [4.69, 9.17) is 16.3 Å². The monoisotopic (exact) mass is 332 g/mol. The molecule has 0 spiro atoms. The molecule has 0 aliphatic carbocycles. The van der Waals surface area contributed by atoms with Crippen LogP contribution in [0.3, 0.4) is 0 Å². The second-order valence-electron chi connectivity index (χ2n) is 5.14. The molecule has 0 saturated carbocycles. The number of amides is 1. The first-order valence-corrected chi connectivity index (χ1v) is 7.84. The SMILES string of the molecule is CCN(CC(=O)N(C)c1ccc(OC)cc1)c1cccc(Cl)c1. The fourth-order valence-electron chi connectivity index (χ4n) is 2.28. The molecule has 0 aliphatic rings. The lowest BCUT2D eigenvalue weighted by Crippen LogP contribution is -2.38. The maximum Gasteiger partial charge on any atom is 0.246 e. The zero-order valence-electron chi connectivity index (χ0n) is 13.6. The van der Waals surface area contributed by atoms with Gasteiger partial charge in [0, 0.05) is 30.0 Å². The summed E-state index contributed by atoms with van der Waals surface area (Å²) in [6.07, 6.45) is 0. The molecule has 0 atom stereocenters.